The van der Waals surface area contributed by atoms with Crippen LogP contribution in [0.4, 0.5) is 0 Å². The van der Waals surface area contributed by atoms with Crippen LogP contribution < -0.4 is 0 Å². The molecule has 0 heterocycles. The lowest BCUT2D eigenvalue weighted by atomic mass is 9.70. The van der Waals surface area contributed by atoms with Gasteiger partial charge in [-0.1, -0.05) is 91.0 Å². The quantitative estimate of drug-likeness (QED) is 0.519. The van der Waals surface area contributed by atoms with Gasteiger partial charge in [0.15, 0.2) is 0 Å². The fourth-order valence-electron chi connectivity index (χ4n) is 3.13. The molecule has 3 aromatic carbocycles. The second kappa shape index (κ2) is 6.73. The van der Waals surface area contributed by atoms with Crippen LogP contribution in [0.5, 0.6) is 0 Å². The van der Waals surface area contributed by atoms with Gasteiger partial charge in [-0.25, -0.2) is 0 Å². The third-order valence-electron chi connectivity index (χ3n) is 4.16. The van der Waals surface area contributed by atoms with Crippen LogP contribution >= 0.6 is 0 Å². The average molecular weight is 304 g/mol. The van der Waals surface area contributed by atoms with Crippen molar-refractivity contribution in [3.05, 3.63) is 108 Å². The zero-order chi connectivity index (χ0) is 15.3. The molecule has 0 aliphatic heterocycles. The summed E-state index contributed by atoms with van der Waals surface area (Å²) in [5.74, 6) is 0. The first-order valence-electron chi connectivity index (χ1n) is 7.53. The molecule has 2 heteroatoms. The van der Waals surface area contributed by atoms with E-state index in [0.29, 0.717) is 6.61 Å². The van der Waals surface area contributed by atoms with Gasteiger partial charge in [-0.2, -0.15) is 0 Å². The Bertz CT molecular complexity index is 599. The maximum atomic E-state index is 5.81. The summed E-state index contributed by atoms with van der Waals surface area (Å²) in [6, 6.07) is 32.0. The molecule has 0 radical (unpaired) electrons. The fourth-order valence-corrected chi connectivity index (χ4v) is 3.57. The highest BCUT2D eigenvalue weighted by atomic mass is 28.2. The van der Waals surface area contributed by atoms with Gasteiger partial charge >= 0.3 is 0 Å². The molecule has 22 heavy (non-hydrogen) atoms. The molecule has 0 atom stereocenters. The van der Waals surface area contributed by atoms with Crippen LogP contribution in [0.15, 0.2) is 91.0 Å². The van der Waals surface area contributed by atoms with E-state index in [0.717, 1.165) is 10.5 Å². The van der Waals surface area contributed by atoms with E-state index < -0.39 is 0 Å². The van der Waals surface area contributed by atoms with Crippen molar-refractivity contribution in [1.82, 2.24) is 0 Å². The van der Waals surface area contributed by atoms with Crippen LogP contribution in [0, 0.1) is 0 Å². The highest BCUT2D eigenvalue weighted by Gasteiger charge is 2.35. The lowest BCUT2D eigenvalue weighted by Gasteiger charge is -2.35. The molecule has 110 valence electrons. The Morgan fingerprint density at radius 3 is 1.18 bits per heavy atom. The lowest BCUT2D eigenvalue weighted by molar-refractivity contribution is 0.289. The first-order valence-corrected chi connectivity index (χ1v) is 8.35. The zero-order valence-electron chi connectivity index (χ0n) is 12.8. The first kappa shape index (κ1) is 14.8. The standard InChI is InChI=1S/C20H20OSi/c22-21-16-20(17-10-4-1-5-11-17,18-12-6-2-7-13-18)19-14-8-3-9-15-19/h1-15H,16H2,22H3. The molecule has 0 aliphatic carbocycles. The highest BCUT2D eigenvalue weighted by molar-refractivity contribution is 5.98. The second-order valence-electron chi connectivity index (χ2n) is 5.44. The van der Waals surface area contributed by atoms with Crippen LogP contribution in [-0.4, -0.2) is 17.1 Å². The van der Waals surface area contributed by atoms with Gasteiger partial charge in [0.2, 0.25) is 0 Å². The number of benzene rings is 3. The van der Waals surface area contributed by atoms with Gasteiger partial charge in [-0.05, 0) is 16.7 Å². The van der Waals surface area contributed by atoms with E-state index in [2.05, 4.69) is 91.0 Å². The van der Waals surface area contributed by atoms with Gasteiger partial charge in [-0.3, -0.25) is 0 Å². The van der Waals surface area contributed by atoms with Gasteiger partial charge in [0.25, 0.3) is 0 Å². The highest BCUT2D eigenvalue weighted by Crippen LogP contribution is 2.39. The van der Waals surface area contributed by atoms with Gasteiger partial charge < -0.3 is 4.43 Å². The molecule has 0 amide bonds. The molecule has 0 saturated heterocycles. The van der Waals surface area contributed by atoms with Crippen LogP contribution in [0.2, 0.25) is 0 Å². The zero-order valence-corrected chi connectivity index (χ0v) is 14.8. The molecule has 0 unspecified atom stereocenters. The van der Waals surface area contributed by atoms with Gasteiger partial charge in [0.05, 0.1) is 12.0 Å². The molecule has 0 spiro atoms. The molecule has 0 bridgehead atoms. The normalized spacial score (nSPS) is 11.5. The molecule has 3 aromatic rings. The average Bonchev–Trinajstić information content (AvgIpc) is 2.62. The summed E-state index contributed by atoms with van der Waals surface area (Å²) < 4.78 is 5.81. The van der Waals surface area contributed by atoms with Crippen molar-refractivity contribution in [2.24, 2.45) is 0 Å². The monoisotopic (exact) mass is 304 g/mol. The molecular weight excluding hydrogens is 284 g/mol. The van der Waals surface area contributed by atoms with E-state index >= 15 is 0 Å². The Hall–Kier alpha value is -2.16. The van der Waals surface area contributed by atoms with Crippen molar-refractivity contribution in [1.29, 1.82) is 0 Å². The predicted molar refractivity (Wildman–Crippen MR) is 95.1 cm³/mol. The summed E-state index contributed by atoms with van der Waals surface area (Å²) in [7, 11) is 0.723. The first-order chi connectivity index (χ1) is 10.9. The van der Waals surface area contributed by atoms with Crippen molar-refractivity contribution in [3.63, 3.8) is 0 Å². The van der Waals surface area contributed by atoms with Gasteiger partial charge in [-0.15, -0.1) is 0 Å². The number of rotatable bonds is 5. The van der Waals surface area contributed by atoms with E-state index in [-0.39, 0.29) is 5.41 Å². The summed E-state index contributed by atoms with van der Waals surface area (Å²) in [5.41, 5.74) is 3.54. The van der Waals surface area contributed by atoms with Crippen molar-refractivity contribution < 1.29 is 4.43 Å². The third kappa shape index (κ3) is 2.63. The molecule has 3 rings (SSSR count). The van der Waals surface area contributed by atoms with Crippen LogP contribution in [0.3, 0.4) is 0 Å². The van der Waals surface area contributed by atoms with Crippen LogP contribution in [-0.2, 0) is 9.84 Å². The van der Waals surface area contributed by atoms with Crippen molar-refractivity contribution in [2.45, 2.75) is 5.41 Å². The lowest BCUT2D eigenvalue weighted by Crippen LogP contribution is -2.34. The minimum absolute atomic E-state index is 0.258. The van der Waals surface area contributed by atoms with Crippen LogP contribution in [0.1, 0.15) is 16.7 Å². The largest absolute Gasteiger partial charge is 0.426 e. The van der Waals surface area contributed by atoms with E-state index in [1.807, 2.05) is 0 Å². The Morgan fingerprint density at radius 2 is 0.909 bits per heavy atom. The van der Waals surface area contributed by atoms with Crippen molar-refractivity contribution >= 4 is 10.5 Å². The maximum Gasteiger partial charge on any atom is 0.146 e. The molecule has 1 nitrogen and oxygen atoms in total. The molecule has 0 N–H and O–H groups in total. The third-order valence-corrected chi connectivity index (χ3v) is 4.45. The van der Waals surface area contributed by atoms with Crippen LogP contribution in [0.25, 0.3) is 0 Å². The minimum atomic E-state index is -0.258. The Labute approximate surface area is 135 Å². The molecule has 0 saturated carbocycles. The molecule has 0 aliphatic rings. The topological polar surface area (TPSA) is 9.23 Å². The SMILES string of the molecule is [SiH3]OCC(c1ccccc1)(c1ccccc1)c1ccccc1. The maximum absolute atomic E-state index is 5.81. The number of hydrogen-bond donors (Lipinski definition) is 0. The Morgan fingerprint density at radius 1 is 0.591 bits per heavy atom. The van der Waals surface area contributed by atoms with Gasteiger partial charge in [0.1, 0.15) is 10.5 Å². The minimum Gasteiger partial charge on any atom is -0.426 e. The smallest absolute Gasteiger partial charge is 0.146 e. The summed E-state index contributed by atoms with van der Waals surface area (Å²) in [5, 5.41) is 0. The van der Waals surface area contributed by atoms with E-state index in [1.54, 1.807) is 0 Å². The number of hydrogen-bond acceptors (Lipinski definition) is 1. The van der Waals surface area contributed by atoms with E-state index in [1.165, 1.54) is 16.7 Å². The van der Waals surface area contributed by atoms with Gasteiger partial charge in [0, 0.05) is 0 Å². The molecule has 0 aromatic heterocycles. The van der Waals surface area contributed by atoms with Crippen molar-refractivity contribution in [2.75, 3.05) is 6.61 Å². The second-order valence-corrected chi connectivity index (χ2v) is 6.01. The fraction of sp³-hybridized carbons (Fsp3) is 0.100. The van der Waals surface area contributed by atoms with E-state index in [9.17, 15) is 0 Å². The molecule has 0 fully saturated rings. The summed E-state index contributed by atoms with van der Waals surface area (Å²) in [6.45, 7) is 0.664. The van der Waals surface area contributed by atoms with E-state index in [4.69, 9.17) is 4.43 Å². The molecular formula is C20H20OSi. The Kier molecular flexibility index (Phi) is 4.52. The Balaban J connectivity index is 2.29. The van der Waals surface area contributed by atoms with Crippen molar-refractivity contribution in [3.8, 4) is 0 Å². The summed E-state index contributed by atoms with van der Waals surface area (Å²) in [6.07, 6.45) is 0. The predicted octanol–water partition coefficient (Wildman–Crippen LogP) is 3.32. The summed E-state index contributed by atoms with van der Waals surface area (Å²) >= 11 is 0. The summed E-state index contributed by atoms with van der Waals surface area (Å²) in [4.78, 5) is 0.